The summed E-state index contributed by atoms with van der Waals surface area (Å²) in [5.74, 6) is 0. The average Bonchev–Trinajstić information content (AvgIpc) is 2.43. The first-order valence-corrected chi connectivity index (χ1v) is 7.97. The number of hydrogen-bond acceptors (Lipinski definition) is 3. The Hall–Kier alpha value is -0.810. The first kappa shape index (κ1) is 19.2. The zero-order valence-electron chi connectivity index (χ0n) is 13.1. The molecular weight excluding hydrogens is 256 g/mol. The van der Waals surface area contributed by atoms with E-state index in [-0.39, 0.29) is 12.7 Å². The highest BCUT2D eigenvalue weighted by Gasteiger charge is 2.13. The first-order chi connectivity index (χ1) is 9.74. The lowest BCUT2D eigenvalue weighted by atomic mass is 10.2. The van der Waals surface area contributed by atoms with Gasteiger partial charge in [0.1, 0.15) is 6.10 Å². The lowest BCUT2D eigenvalue weighted by Crippen LogP contribution is -2.36. The van der Waals surface area contributed by atoms with Crippen LogP contribution in [0.1, 0.15) is 58.8 Å². The molecule has 1 amide bonds. The molecule has 1 unspecified atom stereocenters. The summed E-state index contributed by atoms with van der Waals surface area (Å²) in [5, 5.41) is 16.7. The minimum Gasteiger partial charge on any atom is -0.445 e. The molecule has 119 valence electrons. The molecule has 20 heavy (non-hydrogen) atoms. The Morgan fingerprint density at radius 3 is 2.30 bits per heavy atom. The third kappa shape index (κ3) is 12.2. The molecule has 2 N–H and O–H groups in total. The Labute approximate surface area is 123 Å². The van der Waals surface area contributed by atoms with E-state index in [1.807, 2.05) is 0 Å². The zero-order valence-corrected chi connectivity index (χ0v) is 13.1. The van der Waals surface area contributed by atoms with E-state index < -0.39 is 6.09 Å². The fourth-order valence-electron chi connectivity index (χ4n) is 1.86. The predicted octanol–water partition coefficient (Wildman–Crippen LogP) is 2.87. The lowest BCUT2D eigenvalue weighted by molar-refractivity contribution is 0.0683. The van der Waals surface area contributed by atoms with E-state index in [1.165, 1.54) is 12.8 Å². The summed E-state index contributed by atoms with van der Waals surface area (Å²) < 4.78 is 5.27. The number of carbonyl (C=O) groups is 1. The van der Waals surface area contributed by atoms with Crippen LogP contribution in [-0.2, 0) is 9.84 Å². The molecule has 0 aromatic heterocycles. The molecule has 0 saturated carbocycles. The molecule has 0 aliphatic carbocycles. The summed E-state index contributed by atoms with van der Waals surface area (Å²) in [6.07, 6.45) is 6.32. The standard InChI is InChI=1S/C15H31N2O3/c1-3-5-7-10-16-13-14(9-12-18)20-15(19)17-11-8-6-4-2/h14,16H,3-13H2,1-2H3,(H,17,19). The molecular formula is C15H31N2O3. The molecule has 0 aromatic rings. The minimum atomic E-state index is -0.407. The number of rotatable bonds is 13. The van der Waals surface area contributed by atoms with Crippen molar-refractivity contribution in [2.45, 2.75) is 64.9 Å². The molecule has 1 radical (unpaired) electrons. The van der Waals surface area contributed by atoms with E-state index in [1.54, 1.807) is 0 Å². The maximum absolute atomic E-state index is 11.6. The van der Waals surface area contributed by atoms with Gasteiger partial charge in [0.05, 0.1) is 6.61 Å². The van der Waals surface area contributed by atoms with Crippen LogP contribution in [0.15, 0.2) is 0 Å². The van der Waals surface area contributed by atoms with Crippen molar-refractivity contribution in [2.24, 2.45) is 0 Å². The van der Waals surface area contributed by atoms with Crippen molar-refractivity contribution in [3.63, 3.8) is 0 Å². The fourth-order valence-corrected chi connectivity index (χ4v) is 1.86. The van der Waals surface area contributed by atoms with E-state index in [2.05, 4.69) is 24.5 Å². The van der Waals surface area contributed by atoms with Crippen LogP contribution in [0.2, 0.25) is 0 Å². The third-order valence-electron chi connectivity index (χ3n) is 3.09. The third-order valence-corrected chi connectivity index (χ3v) is 3.09. The van der Waals surface area contributed by atoms with Crippen molar-refractivity contribution < 1.29 is 14.6 Å². The Morgan fingerprint density at radius 2 is 1.70 bits per heavy atom. The Bertz CT molecular complexity index is 225. The number of ether oxygens (including phenoxy) is 1. The summed E-state index contributed by atoms with van der Waals surface area (Å²) in [4.78, 5) is 11.6. The highest BCUT2D eigenvalue weighted by atomic mass is 16.6. The van der Waals surface area contributed by atoms with Gasteiger partial charge in [-0.05, 0) is 19.4 Å². The van der Waals surface area contributed by atoms with Gasteiger partial charge >= 0.3 is 6.09 Å². The normalized spacial score (nSPS) is 12.2. The van der Waals surface area contributed by atoms with Gasteiger partial charge in [0.25, 0.3) is 0 Å². The molecule has 0 spiro atoms. The molecule has 0 rings (SSSR count). The van der Waals surface area contributed by atoms with Gasteiger partial charge in [0, 0.05) is 19.5 Å². The zero-order chi connectivity index (χ0) is 15.1. The second-order valence-corrected chi connectivity index (χ2v) is 5.07. The summed E-state index contributed by atoms with van der Waals surface area (Å²) in [6, 6.07) is 0. The van der Waals surface area contributed by atoms with Crippen LogP contribution in [0.4, 0.5) is 4.79 Å². The summed E-state index contributed by atoms with van der Waals surface area (Å²) in [5.41, 5.74) is 0. The number of nitrogens with one attached hydrogen (secondary N) is 2. The van der Waals surface area contributed by atoms with E-state index in [4.69, 9.17) is 4.74 Å². The first-order valence-electron chi connectivity index (χ1n) is 7.97. The number of hydrogen-bond donors (Lipinski definition) is 2. The van der Waals surface area contributed by atoms with Crippen LogP contribution in [-0.4, -0.2) is 38.4 Å². The van der Waals surface area contributed by atoms with Crippen molar-refractivity contribution in [3.8, 4) is 0 Å². The topological polar surface area (TPSA) is 70.3 Å². The van der Waals surface area contributed by atoms with Crippen LogP contribution in [0.25, 0.3) is 0 Å². The number of alkyl carbamates (subject to hydrolysis) is 1. The van der Waals surface area contributed by atoms with Gasteiger partial charge in [0.2, 0.25) is 0 Å². The molecule has 0 saturated heterocycles. The number of amides is 1. The van der Waals surface area contributed by atoms with Gasteiger partial charge in [-0.1, -0.05) is 39.5 Å². The molecule has 0 heterocycles. The van der Waals surface area contributed by atoms with Gasteiger partial charge in [-0.25, -0.2) is 9.90 Å². The highest BCUT2D eigenvalue weighted by molar-refractivity contribution is 5.67. The molecule has 0 aliphatic rings. The van der Waals surface area contributed by atoms with Crippen molar-refractivity contribution in [1.29, 1.82) is 0 Å². The van der Waals surface area contributed by atoms with Crippen molar-refractivity contribution >= 4 is 6.09 Å². The summed E-state index contributed by atoms with van der Waals surface area (Å²) in [6.45, 7) is 6.17. The molecule has 1 atom stereocenters. The predicted molar refractivity (Wildman–Crippen MR) is 80.4 cm³/mol. The van der Waals surface area contributed by atoms with E-state index in [9.17, 15) is 9.90 Å². The quantitative estimate of drug-likeness (QED) is 0.512. The maximum atomic E-state index is 11.6. The molecule has 0 aromatic carbocycles. The van der Waals surface area contributed by atoms with Gasteiger partial charge in [-0.2, -0.15) is 0 Å². The lowest BCUT2D eigenvalue weighted by Gasteiger charge is -2.17. The van der Waals surface area contributed by atoms with Gasteiger partial charge < -0.3 is 15.4 Å². The van der Waals surface area contributed by atoms with Crippen molar-refractivity contribution in [1.82, 2.24) is 10.6 Å². The Morgan fingerprint density at radius 1 is 1.05 bits per heavy atom. The number of carbonyl (C=O) groups excluding carboxylic acids is 1. The van der Waals surface area contributed by atoms with Gasteiger partial charge in [-0.15, -0.1) is 0 Å². The molecule has 0 fully saturated rings. The Balaban J connectivity index is 3.73. The second kappa shape index (κ2) is 14.6. The maximum Gasteiger partial charge on any atom is 0.407 e. The fraction of sp³-hybridized carbons (Fsp3) is 0.933. The van der Waals surface area contributed by atoms with Crippen LogP contribution in [0.3, 0.4) is 0 Å². The van der Waals surface area contributed by atoms with Crippen molar-refractivity contribution in [2.75, 3.05) is 26.2 Å². The SMILES string of the molecule is CCCCCNCC(CC[O])OC(=O)NCCCCC. The number of unbranched alkanes of at least 4 members (excludes halogenated alkanes) is 4. The molecule has 5 heteroatoms. The highest BCUT2D eigenvalue weighted by Crippen LogP contribution is 1.99. The second-order valence-electron chi connectivity index (χ2n) is 5.07. The average molecular weight is 287 g/mol. The van der Waals surface area contributed by atoms with Gasteiger partial charge in [0.15, 0.2) is 0 Å². The van der Waals surface area contributed by atoms with Crippen LogP contribution >= 0.6 is 0 Å². The van der Waals surface area contributed by atoms with E-state index >= 15 is 0 Å². The summed E-state index contributed by atoms with van der Waals surface area (Å²) in [7, 11) is 0. The molecule has 0 bridgehead atoms. The van der Waals surface area contributed by atoms with Gasteiger partial charge in [-0.3, -0.25) is 0 Å². The Kier molecular flexibility index (Phi) is 14.0. The molecule has 0 aliphatic heterocycles. The monoisotopic (exact) mass is 287 g/mol. The van der Waals surface area contributed by atoms with E-state index in [0.29, 0.717) is 19.5 Å². The van der Waals surface area contributed by atoms with E-state index in [0.717, 1.165) is 32.2 Å². The van der Waals surface area contributed by atoms with Crippen LogP contribution in [0, 0.1) is 0 Å². The van der Waals surface area contributed by atoms with Crippen LogP contribution < -0.4 is 10.6 Å². The largest absolute Gasteiger partial charge is 0.445 e. The summed E-state index contributed by atoms with van der Waals surface area (Å²) >= 11 is 0. The smallest absolute Gasteiger partial charge is 0.407 e. The van der Waals surface area contributed by atoms with Crippen LogP contribution in [0.5, 0.6) is 0 Å². The van der Waals surface area contributed by atoms with Crippen molar-refractivity contribution in [3.05, 3.63) is 0 Å². The molecule has 5 nitrogen and oxygen atoms in total. The minimum absolute atomic E-state index is 0.218.